The largest absolute Gasteiger partial charge is 0.493 e. The number of sulfone groups is 1. The summed E-state index contributed by atoms with van der Waals surface area (Å²) < 4.78 is 29.0. The summed E-state index contributed by atoms with van der Waals surface area (Å²) in [4.78, 5) is 4.22. The van der Waals surface area contributed by atoms with Crippen LogP contribution in [0.25, 0.3) is 0 Å². The van der Waals surface area contributed by atoms with E-state index in [-0.39, 0.29) is 35.6 Å². The Balaban J connectivity index is 0.00000243. The van der Waals surface area contributed by atoms with Gasteiger partial charge >= 0.3 is 0 Å². The molecule has 1 heterocycles. The van der Waals surface area contributed by atoms with Crippen molar-refractivity contribution in [2.24, 2.45) is 16.8 Å². The van der Waals surface area contributed by atoms with E-state index in [0.29, 0.717) is 24.8 Å². The highest BCUT2D eigenvalue weighted by Gasteiger charge is 2.27. The summed E-state index contributed by atoms with van der Waals surface area (Å²) in [5.74, 6) is 3.06. The number of halogens is 1. The van der Waals surface area contributed by atoms with Gasteiger partial charge in [0.15, 0.2) is 15.8 Å². The van der Waals surface area contributed by atoms with Crippen molar-refractivity contribution in [1.29, 1.82) is 0 Å². The molecule has 26 heavy (non-hydrogen) atoms. The quantitative estimate of drug-likeness (QED) is 0.346. The van der Waals surface area contributed by atoms with E-state index in [1.165, 1.54) is 12.8 Å². The van der Waals surface area contributed by atoms with Crippen molar-refractivity contribution < 1.29 is 13.2 Å². The van der Waals surface area contributed by atoms with Crippen LogP contribution in [0.3, 0.4) is 0 Å². The normalized spacial score (nSPS) is 21.7. The summed E-state index contributed by atoms with van der Waals surface area (Å²) in [7, 11) is -1.12. The van der Waals surface area contributed by atoms with E-state index in [9.17, 15) is 8.42 Å². The molecule has 0 aromatic heterocycles. The van der Waals surface area contributed by atoms with Gasteiger partial charge in [-0.2, -0.15) is 0 Å². The Morgan fingerprint density at radius 3 is 2.62 bits per heavy atom. The van der Waals surface area contributed by atoms with Gasteiger partial charge in [0.25, 0.3) is 0 Å². The molecular formula is C18H28IN3O3S. The fourth-order valence-corrected chi connectivity index (χ4v) is 4.82. The molecule has 0 spiro atoms. The van der Waals surface area contributed by atoms with Crippen molar-refractivity contribution >= 4 is 39.8 Å². The Labute approximate surface area is 173 Å². The van der Waals surface area contributed by atoms with E-state index in [2.05, 4.69) is 15.6 Å². The van der Waals surface area contributed by atoms with Gasteiger partial charge in [0, 0.05) is 25.7 Å². The van der Waals surface area contributed by atoms with Crippen LogP contribution in [-0.2, 0) is 16.4 Å². The Morgan fingerprint density at radius 2 is 1.96 bits per heavy atom. The fraction of sp³-hybridized carbons (Fsp3) is 0.611. The third-order valence-electron chi connectivity index (χ3n) is 4.70. The van der Waals surface area contributed by atoms with Crippen LogP contribution in [0.1, 0.15) is 24.8 Å². The maximum atomic E-state index is 11.5. The first-order valence-electron chi connectivity index (χ1n) is 8.91. The zero-order valence-corrected chi connectivity index (χ0v) is 18.3. The third-order valence-corrected chi connectivity index (χ3v) is 6.54. The molecule has 1 saturated carbocycles. The summed E-state index contributed by atoms with van der Waals surface area (Å²) >= 11 is 0. The number of hydrogen-bond acceptors (Lipinski definition) is 4. The number of benzene rings is 1. The van der Waals surface area contributed by atoms with Gasteiger partial charge in [0.2, 0.25) is 0 Å². The highest BCUT2D eigenvalue weighted by molar-refractivity contribution is 14.0. The molecular weight excluding hydrogens is 465 g/mol. The molecule has 0 bridgehead atoms. The second kappa shape index (κ2) is 9.77. The molecule has 0 amide bonds. The van der Waals surface area contributed by atoms with E-state index >= 15 is 0 Å². The Morgan fingerprint density at radius 1 is 1.19 bits per heavy atom. The topological polar surface area (TPSA) is 79.8 Å². The molecule has 2 fully saturated rings. The van der Waals surface area contributed by atoms with Crippen molar-refractivity contribution in [2.45, 2.75) is 25.8 Å². The van der Waals surface area contributed by atoms with Crippen LogP contribution in [0.2, 0.25) is 0 Å². The molecule has 2 N–H and O–H groups in total. The number of aliphatic imine (C=N–C) groups is 1. The molecule has 1 aliphatic heterocycles. The first-order chi connectivity index (χ1) is 12.1. The molecule has 8 heteroatoms. The van der Waals surface area contributed by atoms with Gasteiger partial charge in [0.05, 0.1) is 18.1 Å². The molecule has 1 unspecified atom stereocenters. The van der Waals surface area contributed by atoms with Gasteiger partial charge in [-0.1, -0.05) is 18.2 Å². The highest BCUT2D eigenvalue weighted by Crippen LogP contribution is 2.30. The number of hydrogen-bond donors (Lipinski definition) is 2. The van der Waals surface area contributed by atoms with Gasteiger partial charge in [-0.25, -0.2) is 8.42 Å². The molecule has 1 aromatic carbocycles. The van der Waals surface area contributed by atoms with Gasteiger partial charge in [-0.15, -0.1) is 24.0 Å². The minimum atomic E-state index is -2.84. The summed E-state index contributed by atoms with van der Waals surface area (Å²) in [6, 6.07) is 8.03. The fourth-order valence-electron chi connectivity index (χ4n) is 2.96. The number of ether oxygens (including phenoxy) is 1. The average Bonchev–Trinajstić information content (AvgIpc) is 3.36. The zero-order valence-electron chi connectivity index (χ0n) is 15.1. The van der Waals surface area contributed by atoms with Crippen LogP contribution >= 0.6 is 24.0 Å². The molecule has 0 radical (unpaired) electrons. The molecule has 1 aromatic rings. The highest BCUT2D eigenvalue weighted by atomic mass is 127. The van der Waals surface area contributed by atoms with Crippen LogP contribution in [0.4, 0.5) is 0 Å². The van der Waals surface area contributed by atoms with Crippen LogP contribution in [-0.4, -0.2) is 46.1 Å². The maximum Gasteiger partial charge on any atom is 0.191 e. The molecule has 3 rings (SSSR count). The summed E-state index contributed by atoms with van der Waals surface area (Å²) in [5, 5.41) is 6.52. The number of guanidine groups is 1. The van der Waals surface area contributed by atoms with E-state index in [0.717, 1.165) is 30.3 Å². The first-order valence-corrected chi connectivity index (χ1v) is 10.7. The monoisotopic (exact) mass is 493 g/mol. The third kappa shape index (κ3) is 6.61. The molecule has 146 valence electrons. The number of para-hydroxylation sites is 1. The lowest BCUT2D eigenvalue weighted by Gasteiger charge is -2.16. The van der Waals surface area contributed by atoms with Crippen LogP contribution in [0, 0.1) is 11.8 Å². The predicted molar refractivity (Wildman–Crippen MR) is 115 cm³/mol. The SMILES string of the molecule is CN=C(NCc1ccccc1OCC1CC1)NCC1CCS(=O)(=O)C1.I. The summed E-state index contributed by atoms with van der Waals surface area (Å²) in [6.07, 6.45) is 3.27. The number of rotatable bonds is 7. The van der Waals surface area contributed by atoms with Crippen molar-refractivity contribution in [3.63, 3.8) is 0 Å². The van der Waals surface area contributed by atoms with Crippen LogP contribution in [0.15, 0.2) is 29.3 Å². The Bertz CT molecular complexity index is 720. The molecule has 1 saturated heterocycles. The van der Waals surface area contributed by atoms with E-state index in [1.54, 1.807) is 7.05 Å². The average molecular weight is 493 g/mol. The zero-order chi connectivity index (χ0) is 17.7. The Kier molecular flexibility index (Phi) is 8.00. The molecule has 2 aliphatic rings. The second-order valence-corrected chi connectivity index (χ2v) is 9.17. The molecule has 6 nitrogen and oxygen atoms in total. The smallest absolute Gasteiger partial charge is 0.191 e. The lowest BCUT2D eigenvalue weighted by molar-refractivity contribution is 0.296. The predicted octanol–water partition coefficient (Wildman–Crippen LogP) is 2.19. The maximum absolute atomic E-state index is 11.5. The summed E-state index contributed by atoms with van der Waals surface area (Å²) in [6.45, 7) is 2.03. The van der Waals surface area contributed by atoms with Crippen LogP contribution in [0.5, 0.6) is 5.75 Å². The van der Waals surface area contributed by atoms with E-state index in [1.807, 2.05) is 24.3 Å². The van der Waals surface area contributed by atoms with Gasteiger partial charge in [-0.3, -0.25) is 4.99 Å². The van der Waals surface area contributed by atoms with Crippen molar-refractivity contribution in [3.05, 3.63) is 29.8 Å². The van der Waals surface area contributed by atoms with Gasteiger partial charge < -0.3 is 15.4 Å². The second-order valence-electron chi connectivity index (χ2n) is 6.94. The molecule has 1 atom stereocenters. The van der Waals surface area contributed by atoms with E-state index < -0.39 is 9.84 Å². The van der Waals surface area contributed by atoms with Gasteiger partial charge in [0.1, 0.15) is 5.75 Å². The standard InChI is InChI=1S/C18H27N3O3S.HI/c1-19-18(20-10-15-8-9-25(22,23)13-15)21-11-16-4-2-3-5-17(16)24-12-14-6-7-14;/h2-5,14-15H,6-13H2,1H3,(H2,19,20,21);1H. The van der Waals surface area contributed by atoms with Crippen molar-refractivity contribution in [2.75, 3.05) is 31.7 Å². The lowest BCUT2D eigenvalue weighted by atomic mass is 10.1. The summed E-state index contributed by atoms with van der Waals surface area (Å²) in [5.41, 5.74) is 1.09. The van der Waals surface area contributed by atoms with Crippen LogP contribution < -0.4 is 15.4 Å². The minimum Gasteiger partial charge on any atom is -0.493 e. The minimum absolute atomic E-state index is 0. The van der Waals surface area contributed by atoms with Gasteiger partial charge in [-0.05, 0) is 37.2 Å². The number of nitrogens with one attached hydrogen (secondary N) is 2. The Hall–Kier alpha value is -1.03. The van der Waals surface area contributed by atoms with E-state index in [4.69, 9.17) is 4.74 Å². The number of nitrogens with zero attached hydrogens (tertiary/aromatic N) is 1. The van der Waals surface area contributed by atoms with Crippen molar-refractivity contribution in [3.8, 4) is 5.75 Å². The lowest BCUT2D eigenvalue weighted by Crippen LogP contribution is -2.39. The van der Waals surface area contributed by atoms with Crippen molar-refractivity contribution in [1.82, 2.24) is 10.6 Å². The molecule has 1 aliphatic carbocycles. The first kappa shape index (κ1) is 21.3.